The van der Waals surface area contributed by atoms with Gasteiger partial charge in [-0.05, 0) is 34.5 Å². The Morgan fingerprint density at radius 1 is 1.77 bits per heavy atom. The number of carboxylic acids is 1. The zero-order valence-electron chi connectivity index (χ0n) is 7.04. The Morgan fingerprint density at radius 3 is 3.00 bits per heavy atom. The van der Waals surface area contributed by atoms with Crippen molar-refractivity contribution in [3.8, 4) is 0 Å². The fourth-order valence-corrected chi connectivity index (χ4v) is 1.02. The van der Waals surface area contributed by atoms with Crippen molar-refractivity contribution in [3.63, 3.8) is 0 Å². The lowest BCUT2D eigenvalue weighted by molar-refractivity contribution is -0.134. The Morgan fingerprint density at radius 2 is 2.46 bits per heavy atom. The summed E-state index contributed by atoms with van der Waals surface area (Å²) in [5.41, 5.74) is 1.02. The standard InChI is InChI=1S/C8H9BrN2O2/c1-5-2-7(10-3-6(5)9)11-4-8(12)13/h2-3H,4H2,1H3,(H,10,11)(H,12,13). The molecular weight excluding hydrogens is 236 g/mol. The summed E-state index contributed by atoms with van der Waals surface area (Å²) in [6.07, 6.45) is 1.64. The zero-order chi connectivity index (χ0) is 9.84. The lowest BCUT2D eigenvalue weighted by Gasteiger charge is -2.03. The minimum atomic E-state index is -0.901. The van der Waals surface area contributed by atoms with Crippen molar-refractivity contribution in [1.29, 1.82) is 0 Å². The zero-order valence-corrected chi connectivity index (χ0v) is 8.63. The number of nitrogens with one attached hydrogen (secondary N) is 1. The second-order valence-corrected chi connectivity index (χ2v) is 3.42. The van der Waals surface area contributed by atoms with Gasteiger partial charge in [-0.25, -0.2) is 4.98 Å². The molecule has 2 N–H and O–H groups in total. The number of anilines is 1. The van der Waals surface area contributed by atoms with E-state index in [1.165, 1.54) is 0 Å². The van der Waals surface area contributed by atoms with Gasteiger partial charge in [0.15, 0.2) is 0 Å². The van der Waals surface area contributed by atoms with Gasteiger partial charge in [0.05, 0.1) is 0 Å². The summed E-state index contributed by atoms with van der Waals surface area (Å²) in [6, 6.07) is 1.78. The molecule has 4 nitrogen and oxygen atoms in total. The fraction of sp³-hybridized carbons (Fsp3) is 0.250. The summed E-state index contributed by atoms with van der Waals surface area (Å²) < 4.78 is 0.911. The highest BCUT2D eigenvalue weighted by Gasteiger charge is 2.00. The Balaban J connectivity index is 2.68. The minimum Gasteiger partial charge on any atom is -0.480 e. The molecular formula is C8H9BrN2O2. The third-order valence-corrected chi connectivity index (χ3v) is 2.30. The molecule has 0 fully saturated rings. The van der Waals surface area contributed by atoms with Gasteiger partial charge in [0.1, 0.15) is 12.4 Å². The van der Waals surface area contributed by atoms with Crippen LogP contribution >= 0.6 is 15.9 Å². The molecule has 0 aliphatic rings. The van der Waals surface area contributed by atoms with E-state index in [1.807, 2.05) is 6.92 Å². The van der Waals surface area contributed by atoms with Gasteiger partial charge in [0.25, 0.3) is 0 Å². The first-order valence-electron chi connectivity index (χ1n) is 3.67. The van der Waals surface area contributed by atoms with Gasteiger partial charge in [-0.15, -0.1) is 0 Å². The van der Waals surface area contributed by atoms with Crippen LogP contribution in [-0.4, -0.2) is 22.6 Å². The van der Waals surface area contributed by atoms with Crippen molar-refractivity contribution < 1.29 is 9.90 Å². The van der Waals surface area contributed by atoms with E-state index in [4.69, 9.17) is 5.11 Å². The Bertz CT molecular complexity index is 328. The molecule has 0 aromatic carbocycles. The summed E-state index contributed by atoms with van der Waals surface area (Å²) in [5.74, 6) is -0.328. The number of aliphatic carboxylic acids is 1. The van der Waals surface area contributed by atoms with Crippen molar-refractivity contribution in [2.75, 3.05) is 11.9 Å². The maximum absolute atomic E-state index is 10.2. The molecule has 0 amide bonds. The second-order valence-electron chi connectivity index (χ2n) is 2.57. The highest BCUT2D eigenvalue weighted by Crippen LogP contribution is 2.16. The van der Waals surface area contributed by atoms with E-state index in [1.54, 1.807) is 12.3 Å². The molecule has 0 aliphatic carbocycles. The smallest absolute Gasteiger partial charge is 0.322 e. The van der Waals surface area contributed by atoms with Gasteiger partial charge in [-0.2, -0.15) is 0 Å². The van der Waals surface area contributed by atoms with Gasteiger partial charge in [-0.3, -0.25) is 4.79 Å². The molecule has 0 saturated carbocycles. The molecule has 13 heavy (non-hydrogen) atoms. The molecule has 1 heterocycles. The van der Waals surface area contributed by atoms with E-state index in [0.29, 0.717) is 5.82 Å². The molecule has 1 aromatic heterocycles. The van der Waals surface area contributed by atoms with Crippen LogP contribution in [0.5, 0.6) is 0 Å². The topological polar surface area (TPSA) is 62.2 Å². The van der Waals surface area contributed by atoms with E-state index in [-0.39, 0.29) is 6.54 Å². The summed E-state index contributed by atoms with van der Waals surface area (Å²) in [7, 11) is 0. The van der Waals surface area contributed by atoms with Gasteiger partial charge in [-0.1, -0.05) is 0 Å². The monoisotopic (exact) mass is 244 g/mol. The van der Waals surface area contributed by atoms with Crippen LogP contribution in [0.2, 0.25) is 0 Å². The van der Waals surface area contributed by atoms with E-state index in [2.05, 4.69) is 26.2 Å². The summed E-state index contributed by atoms with van der Waals surface area (Å²) in [5, 5.41) is 11.1. The first kappa shape index (κ1) is 9.98. The number of aromatic nitrogens is 1. The normalized spacial score (nSPS) is 9.69. The number of nitrogens with zero attached hydrogens (tertiary/aromatic N) is 1. The third-order valence-electron chi connectivity index (χ3n) is 1.47. The minimum absolute atomic E-state index is 0.117. The number of carboxylic acid groups (broad SMARTS) is 1. The number of rotatable bonds is 3. The SMILES string of the molecule is Cc1cc(NCC(=O)O)ncc1Br. The first-order chi connectivity index (χ1) is 6.09. The summed E-state index contributed by atoms with van der Waals surface area (Å²) in [4.78, 5) is 14.2. The van der Waals surface area contributed by atoms with Crippen LogP contribution in [0.1, 0.15) is 5.56 Å². The average molecular weight is 245 g/mol. The van der Waals surface area contributed by atoms with Gasteiger partial charge < -0.3 is 10.4 Å². The molecule has 70 valence electrons. The van der Waals surface area contributed by atoms with Crippen molar-refractivity contribution in [2.45, 2.75) is 6.92 Å². The molecule has 1 aromatic rings. The number of hydrogen-bond acceptors (Lipinski definition) is 3. The third kappa shape index (κ3) is 3.02. The largest absolute Gasteiger partial charge is 0.480 e. The van der Waals surface area contributed by atoms with Crippen molar-refractivity contribution in [2.24, 2.45) is 0 Å². The summed E-state index contributed by atoms with van der Waals surface area (Å²) >= 11 is 3.30. The van der Waals surface area contributed by atoms with Crippen LogP contribution in [0.15, 0.2) is 16.7 Å². The van der Waals surface area contributed by atoms with Crippen LogP contribution in [-0.2, 0) is 4.79 Å². The lowest BCUT2D eigenvalue weighted by Crippen LogP contribution is -2.13. The maximum Gasteiger partial charge on any atom is 0.322 e. The number of hydrogen-bond donors (Lipinski definition) is 2. The van der Waals surface area contributed by atoms with Crippen LogP contribution in [0, 0.1) is 6.92 Å². The van der Waals surface area contributed by atoms with E-state index >= 15 is 0 Å². The highest BCUT2D eigenvalue weighted by molar-refractivity contribution is 9.10. The van der Waals surface area contributed by atoms with Crippen LogP contribution < -0.4 is 5.32 Å². The Kier molecular flexibility index (Phi) is 3.25. The molecule has 1 rings (SSSR count). The van der Waals surface area contributed by atoms with E-state index in [0.717, 1.165) is 10.0 Å². The number of carbonyl (C=O) groups is 1. The predicted octanol–water partition coefficient (Wildman–Crippen LogP) is 1.65. The summed E-state index contributed by atoms with van der Waals surface area (Å²) in [6.45, 7) is 1.80. The van der Waals surface area contributed by atoms with Crippen molar-refractivity contribution in [1.82, 2.24) is 4.98 Å². The van der Waals surface area contributed by atoms with Crippen LogP contribution in [0.4, 0.5) is 5.82 Å². The van der Waals surface area contributed by atoms with Crippen LogP contribution in [0.25, 0.3) is 0 Å². The Hall–Kier alpha value is -1.10. The van der Waals surface area contributed by atoms with E-state index in [9.17, 15) is 4.79 Å². The average Bonchev–Trinajstić information content (AvgIpc) is 2.07. The first-order valence-corrected chi connectivity index (χ1v) is 4.46. The van der Waals surface area contributed by atoms with E-state index < -0.39 is 5.97 Å². The quantitative estimate of drug-likeness (QED) is 0.849. The highest BCUT2D eigenvalue weighted by atomic mass is 79.9. The molecule has 0 radical (unpaired) electrons. The number of pyridine rings is 1. The van der Waals surface area contributed by atoms with Crippen molar-refractivity contribution in [3.05, 3.63) is 22.3 Å². The van der Waals surface area contributed by atoms with Crippen LogP contribution in [0.3, 0.4) is 0 Å². The fourth-order valence-electron chi connectivity index (χ4n) is 0.802. The molecule has 0 aliphatic heterocycles. The van der Waals surface area contributed by atoms with Gasteiger partial charge in [0, 0.05) is 10.7 Å². The molecule has 0 bridgehead atoms. The molecule has 5 heteroatoms. The maximum atomic E-state index is 10.2. The number of aryl methyl sites for hydroxylation is 1. The molecule has 0 saturated heterocycles. The lowest BCUT2D eigenvalue weighted by atomic mass is 10.3. The molecule has 0 unspecified atom stereocenters. The Labute approximate surface area is 84.1 Å². The molecule has 0 spiro atoms. The predicted molar refractivity (Wildman–Crippen MR) is 52.8 cm³/mol. The van der Waals surface area contributed by atoms with Gasteiger partial charge in [0.2, 0.25) is 0 Å². The molecule has 0 atom stereocenters. The van der Waals surface area contributed by atoms with Gasteiger partial charge >= 0.3 is 5.97 Å². The number of halogens is 1. The van der Waals surface area contributed by atoms with Crippen molar-refractivity contribution >= 4 is 27.7 Å². The second kappa shape index (κ2) is 4.23.